The number of amides is 1. The highest BCUT2D eigenvalue weighted by Crippen LogP contribution is 2.24. The van der Waals surface area contributed by atoms with E-state index in [1.165, 1.54) is 4.31 Å². The highest BCUT2D eigenvalue weighted by atomic mass is 32.2. The molecule has 1 aromatic heterocycles. The van der Waals surface area contributed by atoms with Crippen LogP contribution in [0.15, 0.2) is 4.90 Å². The lowest BCUT2D eigenvalue weighted by molar-refractivity contribution is -0.119. The number of nitrogens with zero attached hydrogens (tertiary/aromatic N) is 4. The van der Waals surface area contributed by atoms with Crippen molar-refractivity contribution in [3.05, 3.63) is 11.4 Å². The number of hydrogen-bond acceptors (Lipinski definition) is 4. The zero-order valence-corrected chi connectivity index (χ0v) is 12.9. The molecule has 112 valence electrons. The summed E-state index contributed by atoms with van der Waals surface area (Å²) >= 11 is 0. The molecule has 2 rings (SSSR count). The average molecular weight is 300 g/mol. The van der Waals surface area contributed by atoms with E-state index < -0.39 is 10.0 Å². The number of sulfonamides is 1. The fraction of sp³-hybridized carbons (Fsp3) is 0.667. The summed E-state index contributed by atoms with van der Waals surface area (Å²) in [5.41, 5.74) is 1.20. The van der Waals surface area contributed by atoms with Gasteiger partial charge in [-0.2, -0.15) is 9.40 Å². The molecule has 1 aromatic rings. The van der Waals surface area contributed by atoms with E-state index in [2.05, 4.69) is 5.10 Å². The zero-order chi connectivity index (χ0) is 14.9. The van der Waals surface area contributed by atoms with E-state index >= 15 is 0 Å². The second-order valence-electron chi connectivity index (χ2n) is 4.86. The average Bonchev–Trinajstić information content (AvgIpc) is 2.73. The Kier molecular flexibility index (Phi) is 4.14. The molecular weight excluding hydrogens is 280 g/mol. The first-order valence-corrected chi connectivity index (χ1v) is 8.09. The van der Waals surface area contributed by atoms with Gasteiger partial charge in [0.1, 0.15) is 4.90 Å². The lowest BCUT2D eigenvalue weighted by Gasteiger charge is -2.31. The van der Waals surface area contributed by atoms with Gasteiger partial charge in [-0.05, 0) is 20.8 Å². The van der Waals surface area contributed by atoms with Gasteiger partial charge in [-0.1, -0.05) is 0 Å². The van der Waals surface area contributed by atoms with Gasteiger partial charge >= 0.3 is 0 Å². The van der Waals surface area contributed by atoms with Gasteiger partial charge in [0, 0.05) is 32.7 Å². The molecule has 0 bridgehead atoms. The Morgan fingerprint density at radius 3 is 2.25 bits per heavy atom. The Morgan fingerprint density at radius 1 is 1.20 bits per heavy atom. The highest BCUT2D eigenvalue weighted by molar-refractivity contribution is 7.89. The van der Waals surface area contributed by atoms with Gasteiger partial charge in [0.05, 0.1) is 11.4 Å². The predicted molar refractivity (Wildman–Crippen MR) is 73.8 cm³/mol. The lowest BCUT2D eigenvalue weighted by Crippen LogP contribution is -2.48. The van der Waals surface area contributed by atoms with E-state index in [4.69, 9.17) is 0 Å². The lowest BCUT2D eigenvalue weighted by atomic mass is 10.4. The van der Waals surface area contributed by atoms with Crippen molar-refractivity contribution in [1.82, 2.24) is 19.0 Å². The van der Waals surface area contributed by atoms with Crippen molar-refractivity contribution in [1.29, 1.82) is 0 Å². The van der Waals surface area contributed by atoms with Crippen LogP contribution in [0.5, 0.6) is 0 Å². The van der Waals surface area contributed by atoms with Crippen LogP contribution in [0.3, 0.4) is 0 Å². The van der Waals surface area contributed by atoms with Gasteiger partial charge in [0.15, 0.2) is 0 Å². The van der Waals surface area contributed by atoms with Crippen LogP contribution in [0.2, 0.25) is 0 Å². The predicted octanol–water partition coefficient (Wildman–Crippen LogP) is -0.0175. The molecule has 2 heterocycles. The number of hydrogen-bond donors (Lipinski definition) is 0. The topological polar surface area (TPSA) is 75.5 Å². The second kappa shape index (κ2) is 5.53. The maximum Gasteiger partial charge on any atom is 0.246 e. The van der Waals surface area contributed by atoms with Crippen molar-refractivity contribution < 1.29 is 13.2 Å². The summed E-state index contributed by atoms with van der Waals surface area (Å²) < 4.78 is 28.6. The number of carbonyl (C=O) groups excluding carboxylic acids is 1. The first-order valence-electron chi connectivity index (χ1n) is 6.65. The van der Waals surface area contributed by atoms with Gasteiger partial charge in [-0.15, -0.1) is 0 Å². The molecule has 1 fully saturated rings. The molecule has 0 aromatic carbocycles. The standard InChI is InChI=1S/C12H20N4O3S/c1-4-16-11(3)12(10(2)13-16)20(18,19)15-7-5-14(9-17)6-8-15/h9H,4-8H2,1-3H3. The van der Waals surface area contributed by atoms with Crippen molar-refractivity contribution in [3.63, 3.8) is 0 Å². The van der Waals surface area contributed by atoms with E-state index in [0.717, 1.165) is 6.41 Å². The van der Waals surface area contributed by atoms with Crippen LogP contribution in [0, 0.1) is 13.8 Å². The second-order valence-corrected chi connectivity index (χ2v) is 6.74. The highest BCUT2D eigenvalue weighted by Gasteiger charge is 2.32. The van der Waals surface area contributed by atoms with E-state index in [1.54, 1.807) is 23.4 Å². The molecule has 1 aliphatic heterocycles. The summed E-state index contributed by atoms with van der Waals surface area (Å²) in [4.78, 5) is 12.6. The molecule has 0 spiro atoms. The normalized spacial score (nSPS) is 17.4. The summed E-state index contributed by atoms with van der Waals surface area (Å²) in [6, 6.07) is 0. The summed E-state index contributed by atoms with van der Waals surface area (Å²) in [5, 5.41) is 4.27. The molecule has 0 unspecified atom stereocenters. The Labute approximate surface area is 119 Å². The minimum absolute atomic E-state index is 0.305. The van der Waals surface area contributed by atoms with Crippen LogP contribution in [0.25, 0.3) is 0 Å². The summed E-state index contributed by atoms with van der Waals surface area (Å²) in [5.74, 6) is 0. The van der Waals surface area contributed by atoms with Crippen LogP contribution in [-0.4, -0.2) is 60.0 Å². The summed E-state index contributed by atoms with van der Waals surface area (Å²) in [7, 11) is -3.54. The molecule has 1 aliphatic rings. The van der Waals surface area contributed by atoms with Gasteiger partial charge in [-0.3, -0.25) is 9.48 Å². The van der Waals surface area contributed by atoms with E-state index in [0.29, 0.717) is 49.0 Å². The van der Waals surface area contributed by atoms with Gasteiger partial charge in [-0.25, -0.2) is 8.42 Å². The molecule has 7 nitrogen and oxygen atoms in total. The van der Waals surface area contributed by atoms with Crippen molar-refractivity contribution in [3.8, 4) is 0 Å². The van der Waals surface area contributed by atoms with Crippen molar-refractivity contribution in [2.45, 2.75) is 32.2 Å². The SMILES string of the molecule is CCn1nc(C)c(S(=O)(=O)N2CCN(C=O)CC2)c1C. The molecule has 1 saturated heterocycles. The fourth-order valence-electron chi connectivity index (χ4n) is 2.54. The third-order valence-electron chi connectivity index (χ3n) is 3.63. The van der Waals surface area contributed by atoms with Crippen LogP contribution < -0.4 is 0 Å². The van der Waals surface area contributed by atoms with Crippen LogP contribution in [0.4, 0.5) is 0 Å². The number of aromatic nitrogens is 2. The van der Waals surface area contributed by atoms with Crippen molar-refractivity contribution >= 4 is 16.4 Å². The molecule has 0 radical (unpaired) electrons. The Morgan fingerprint density at radius 2 is 1.80 bits per heavy atom. The molecular formula is C12H20N4O3S. The minimum Gasteiger partial charge on any atom is -0.343 e. The third-order valence-corrected chi connectivity index (χ3v) is 5.79. The number of carbonyl (C=O) groups is 1. The van der Waals surface area contributed by atoms with Crippen molar-refractivity contribution in [2.75, 3.05) is 26.2 Å². The van der Waals surface area contributed by atoms with Gasteiger partial charge < -0.3 is 4.90 Å². The molecule has 1 amide bonds. The maximum absolute atomic E-state index is 12.7. The van der Waals surface area contributed by atoms with E-state index in [1.807, 2.05) is 6.92 Å². The summed E-state index contributed by atoms with van der Waals surface area (Å²) in [6.45, 7) is 7.59. The van der Waals surface area contributed by atoms with Gasteiger partial charge in [0.2, 0.25) is 16.4 Å². The molecule has 0 N–H and O–H groups in total. The van der Waals surface area contributed by atoms with Crippen LogP contribution in [0.1, 0.15) is 18.3 Å². The first-order chi connectivity index (χ1) is 9.41. The fourth-order valence-corrected chi connectivity index (χ4v) is 4.34. The summed E-state index contributed by atoms with van der Waals surface area (Å²) in [6.07, 6.45) is 0.759. The number of rotatable bonds is 4. The van der Waals surface area contributed by atoms with Gasteiger partial charge in [0.25, 0.3) is 0 Å². The zero-order valence-electron chi connectivity index (χ0n) is 12.0. The quantitative estimate of drug-likeness (QED) is 0.733. The largest absolute Gasteiger partial charge is 0.343 e. The smallest absolute Gasteiger partial charge is 0.246 e. The molecule has 0 aliphatic carbocycles. The minimum atomic E-state index is -3.54. The van der Waals surface area contributed by atoms with Crippen LogP contribution in [-0.2, 0) is 21.4 Å². The monoisotopic (exact) mass is 300 g/mol. The van der Waals surface area contributed by atoms with Crippen molar-refractivity contribution in [2.24, 2.45) is 0 Å². The Balaban J connectivity index is 2.32. The van der Waals surface area contributed by atoms with E-state index in [-0.39, 0.29) is 0 Å². The number of piperazine rings is 1. The van der Waals surface area contributed by atoms with Crippen LogP contribution >= 0.6 is 0 Å². The third kappa shape index (κ3) is 2.45. The molecule has 8 heteroatoms. The Hall–Kier alpha value is -1.41. The molecule has 20 heavy (non-hydrogen) atoms. The Bertz CT molecular complexity index is 600. The maximum atomic E-state index is 12.7. The molecule has 0 atom stereocenters. The number of aryl methyl sites for hydroxylation is 2. The first kappa shape index (κ1) is 15.0. The van der Waals surface area contributed by atoms with E-state index in [9.17, 15) is 13.2 Å². The molecule has 0 saturated carbocycles.